The van der Waals surface area contributed by atoms with E-state index in [1.54, 1.807) is 11.9 Å². The van der Waals surface area contributed by atoms with Crippen LogP contribution in [0.3, 0.4) is 0 Å². The van der Waals surface area contributed by atoms with Gasteiger partial charge in [0, 0.05) is 37.1 Å². The number of likely N-dealkylation sites (N-methyl/N-ethyl adjacent to an activating group) is 1. The Morgan fingerprint density at radius 1 is 1.41 bits per heavy atom. The second kappa shape index (κ2) is 6.98. The van der Waals surface area contributed by atoms with Crippen molar-refractivity contribution in [2.75, 3.05) is 13.6 Å². The molecule has 0 fully saturated rings. The number of aryl methyl sites for hydroxylation is 2. The van der Waals surface area contributed by atoms with Crippen LogP contribution in [0, 0.1) is 20.8 Å². The second-order valence-electron chi connectivity index (χ2n) is 5.42. The van der Waals surface area contributed by atoms with Crippen molar-refractivity contribution in [3.63, 3.8) is 0 Å². The number of aromatic nitrogens is 2. The first-order valence-corrected chi connectivity index (χ1v) is 6.96. The lowest BCUT2D eigenvalue weighted by Gasteiger charge is -2.23. The minimum atomic E-state index is -0.0347. The Hall–Kier alpha value is -1.79. The Morgan fingerprint density at radius 2 is 2.05 bits per heavy atom. The lowest BCUT2D eigenvalue weighted by molar-refractivity contribution is 0.0747. The Balaban J connectivity index is 0.00000242. The van der Waals surface area contributed by atoms with Crippen LogP contribution in [0.2, 0.25) is 0 Å². The molecule has 0 aliphatic carbocycles. The van der Waals surface area contributed by atoms with E-state index in [0.29, 0.717) is 17.9 Å². The molecule has 2 N–H and O–H groups in total. The second-order valence-corrected chi connectivity index (χ2v) is 5.42. The average Bonchev–Trinajstić information content (AvgIpc) is 2.99. The van der Waals surface area contributed by atoms with E-state index < -0.39 is 0 Å². The molecular weight excluding hydrogens is 304 g/mol. The highest BCUT2D eigenvalue weighted by Gasteiger charge is 2.22. The highest BCUT2D eigenvalue weighted by molar-refractivity contribution is 5.96. The summed E-state index contributed by atoms with van der Waals surface area (Å²) in [5.41, 5.74) is 8.09. The van der Waals surface area contributed by atoms with Crippen LogP contribution in [0.4, 0.5) is 0 Å². The number of halogens is 1. The van der Waals surface area contributed by atoms with Crippen LogP contribution in [0.1, 0.15) is 34.4 Å². The monoisotopic (exact) mass is 326 g/mol. The van der Waals surface area contributed by atoms with Gasteiger partial charge in [-0.2, -0.15) is 0 Å². The zero-order chi connectivity index (χ0) is 15.7. The number of nitrogens with two attached hydrogens (primary N) is 1. The molecule has 0 bridgehead atoms. The molecule has 1 unspecified atom stereocenters. The van der Waals surface area contributed by atoms with E-state index in [0.717, 1.165) is 17.1 Å². The molecule has 1 atom stereocenters. The van der Waals surface area contributed by atoms with E-state index in [-0.39, 0.29) is 24.4 Å². The molecule has 122 valence electrons. The molecule has 7 heteroatoms. The molecule has 0 aromatic carbocycles. The number of carbonyl (C=O) groups is 1. The topological polar surface area (TPSA) is 77.3 Å². The Kier molecular flexibility index (Phi) is 5.79. The van der Waals surface area contributed by atoms with Crippen molar-refractivity contribution in [3.8, 4) is 5.82 Å². The molecule has 2 rings (SSSR count). The fourth-order valence-electron chi connectivity index (χ4n) is 2.34. The number of rotatable bonds is 4. The third kappa shape index (κ3) is 3.18. The molecule has 0 aliphatic heterocycles. The lowest BCUT2D eigenvalue weighted by Crippen LogP contribution is -2.39. The smallest absolute Gasteiger partial charge is 0.255 e. The van der Waals surface area contributed by atoms with E-state index >= 15 is 0 Å². The predicted octanol–water partition coefficient (Wildman–Crippen LogP) is 2.23. The molecule has 0 spiro atoms. The molecule has 2 heterocycles. The molecule has 2 aromatic heterocycles. The summed E-state index contributed by atoms with van der Waals surface area (Å²) >= 11 is 0. The zero-order valence-corrected chi connectivity index (χ0v) is 14.4. The maximum absolute atomic E-state index is 12.6. The van der Waals surface area contributed by atoms with Crippen LogP contribution in [0.15, 0.2) is 16.7 Å². The lowest BCUT2D eigenvalue weighted by atomic mass is 10.2. The van der Waals surface area contributed by atoms with Crippen molar-refractivity contribution in [1.29, 1.82) is 0 Å². The fraction of sp³-hybridized carbons (Fsp3) is 0.467. The largest absolute Gasteiger partial charge is 0.360 e. The van der Waals surface area contributed by atoms with Gasteiger partial charge in [0.15, 0.2) is 5.82 Å². The number of hydrogen-bond acceptors (Lipinski definition) is 4. The minimum absolute atomic E-state index is 0. The molecule has 0 aliphatic rings. The highest BCUT2D eigenvalue weighted by atomic mass is 35.5. The summed E-state index contributed by atoms with van der Waals surface area (Å²) in [5, 5.41) is 4.02. The van der Waals surface area contributed by atoms with Gasteiger partial charge < -0.3 is 15.2 Å². The van der Waals surface area contributed by atoms with Crippen LogP contribution in [0.25, 0.3) is 5.82 Å². The molecule has 0 saturated heterocycles. The fourth-order valence-corrected chi connectivity index (χ4v) is 2.34. The van der Waals surface area contributed by atoms with Gasteiger partial charge in [-0.15, -0.1) is 12.4 Å². The first kappa shape index (κ1) is 18.3. The van der Waals surface area contributed by atoms with Gasteiger partial charge in [0.1, 0.15) is 5.76 Å². The standard InChI is InChI=1S/C15H22N4O2.ClH/c1-9-6-13(15(20)18(5)10(2)8-16)12(4)19(9)14-7-11(3)21-17-14;/h6-7,10H,8,16H2,1-5H3;1H. The van der Waals surface area contributed by atoms with Crippen LogP contribution in [-0.2, 0) is 0 Å². The quantitative estimate of drug-likeness (QED) is 0.934. The zero-order valence-electron chi connectivity index (χ0n) is 13.6. The maximum Gasteiger partial charge on any atom is 0.255 e. The van der Waals surface area contributed by atoms with Crippen molar-refractivity contribution >= 4 is 18.3 Å². The van der Waals surface area contributed by atoms with Crippen LogP contribution >= 0.6 is 12.4 Å². The van der Waals surface area contributed by atoms with Gasteiger partial charge in [-0.1, -0.05) is 5.16 Å². The van der Waals surface area contributed by atoms with E-state index in [9.17, 15) is 4.79 Å². The number of amides is 1. The van der Waals surface area contributed by atoms with Crippen LogP contribution in [-0.4, -0.2) is 40.2 Å². The van der Waals surface area contributed by atoms with Crippen LogP contribution < -0.4 is 5.73 Å². The summed E-state index contributed by atoms with van der Waals surface area (Å²) in [6, 6.07) is 3.72. The molecule has 2 aromatic rings. The van der Waals surface area contributed by atoms with Gasteiger partial charge in [-0.25, -0.2) is 0 Å². The summed E-state index contributed by atoms with van der Waals surface area (Å²) in [5.74, 6) is 1.39. The van der Waals surface area contributed by atoms with E-state index in [1.807, 2.05) is 44.4 Å². The third-order valence-electron chi connectivity index (χ3n) is 3.83. The van der Waals surface area contributed by atoms with Crippen molar-refractivity contribution in [2.24, 2.45) is 5.73 Å². The van der Waals surface area contributed by atoms with Gasteiger partial charge >= 0.3 is 0 Å². The first-order valence-electron chi connectivity index (χ1n) is 6.96. The summed E-state index contributed by atoms with van der Waals surface area (Å²) in [4.78, 5) is 14.2. The molecule has 22 heavy (non-hydrogen) atoms. The van der Waals surface area contributed by atoms with Gasteiger partial charge in [0.25, 0.3) is 5.91 Å². The summed E-state index contributed by atoms with van der Waals surface area (Å²) < 4.78 is 7.04. The minimum Gasteiger partial charge on any atom is -0.360 e. The van der Waals surface area contributed by atoms with Crippen molar-refractivity contribution in [1.82, 2.24) is 14.6 Å². The van der Waals surface area contributed by atoms with Gasteiger partial charge in [-0.05, 0) is 33.8 Å². The van der Waals surface area contributed by atoms with E-state index in [4.69, 9.17) is 10.3 Å². The summed E-state index contributed by atoms with van der Waals surface area (Å²) in [6.07, 6.45) is 0. The van der Waals surface area contributed by atoms with Crippen molar-refractivity contribution in [3.05, 3.63) is 34.8 Å². The Bertz CT molecular complexity index is 663. The van der Waals surface area contributed by atoms with E-state index in [1.165, 1.54) is 0 Å². The summed E-state index contributed by atoms with van der Waals surface area (Å²) in [7, 11) is 1.77. The Labute approximate surface area is 136 Å². The predicted molar refractivity (Wildman–Crippen MR) is 87.9 cm³/mol. The normalized spacial score (nSPS) is 11.9. The molecule has 6 nitrogen and oxygen atoms in total. The van der Waals surface area contributed by atoms with Gasteiger partial charge in [0.2, 0.25) is 0 Å². The SMILES string of the molecule is Cc1cc(-n2c(C)cc(C(=O)N(C)C(C)CN)c2C)no1.Cl. The highest BCUT2D eigenvalue weighted by Crippen LogP contribution is 2.22. The molecular formula is C15H23ClN4O2. The van der Waals surface area contributed by atoms with Crippen LogP contribution in [0.5, 0.6) is 0 Å². The maximum atomic E-state index is 12.6. The molecule has 0 radical (unpaired) electrons. The first-order chi connectivity index (χ1) is 9.86. The van der Waals surface area contributed by atoms with Gasteiger partial charge in [0.05, 0.1) is 5.56 Å². The summed E-state index contributed by atoms with van der Waals surface area (Å²) in [6.45, 7) is 8.06. The average molecular weight is 327 g/mol. The van der Waals surface area contributed by atoms with Crippen molar-refractivity contribution in [2.45, 2.75) is 33.7 Å². The number of carbonyl (C=O) groups excluding carboxylic acids is 1. The van der Waals surface area contributed by atoms with Crippen molar-refractivity contribution < 1.29 is 9.32 Å². The molecule has 1 amide bonds. The van der Waals surface area contributed by atoms with Gasteiger partial charge in [-0.3, -0.25) is 9.36 Å². The van der Waals surface area contributed by atoms with E-state index in [2.05, 4.69) is 5.16 Å². The molecule has 0 saturated carbocycles. The number of hydrogen-bond donors (Lipinski definition) is 1. The number of nitrogens with zero attached hydrogens (tertiary/aromatic N) is 3. The Morgan fingerprint density at radius 3 is 2.55 bits per heavy atom. The third-order valence-corrected chi connectivity index (χ3v) is 3.83.